The highest BCUT2D eigenvalue weighted by Gasteiger charge is 2.17. The zero-order valence-corrected chi connectivity index (χ0v) is 16.8. The molecule has 2 N–H and O–H groups in total. The standard InChI is InChI=1S/C21H20N2O2.2ClH/c1-13-10-16(14(2)22)20-17(11-13)19-21(25-20)18(8-9-23-19)24-12-15-6-4-3-5-7-15;;/h3-11,14H,12,22H2,1-2H3;2*1H/t14-;;/m1../s1. The fourth-order valence-corrected chi connectivity index (χ4v) is 3.10. The molecule has 0 spiro atoms. The summed E-state index contributed by atoms with van der Waals surface area (Å²) >= 11 is 0. The van der Waals surface area contributed by atoms with Gasteiger partial charge in [-0.25, -0.2) is 0 Å². The molecule has 27 heavy (non-hydrogen) atoms. The maximum absolute atomic E-state index is 6.15. The number of pyridine rings is 1. The van der Waals surface area contributed by atoms with Crippen LogP contribution in [0.25, 0.3) is 22.1 Å². The molecule has 4 nitrogen and oxygen atoms in total. The molecule has 0 radical (unpaired) electrons. The molecule has 0 amide bonds. The number of halogens is 2. The predicted molar refractivity (Wildman–Crippen MR) is 114 cm³/mol. The Balaban J connectivity index is 0.00000131. The van der Waals surface area contributed by atoms with E-state index >= 15 is 0 Å². The summed E-state index contributed by atoms with van der Waals surface area (Å²) in [5.41, 5.74) is 11.6. The summed E-state index contributed by atoms with van der Waals surface area (Å²) in [6.07, 6.45) is 1.76. The average molecular weight is 405 g/mol. The van der Waals surface area contributed by atoms with Gasteiger partial charge in [0.2, 0.25) is 0 Å². The quantitative estimate of drug-likeness (QED) is 0.471. The third kappa shape index (κ3) is 4.03. The summed E-state index contributed by atoms with van der Waals surface area (Å²) in [5.74, 6) is 0.693. The first-order chi connectivity index (χ1) is 12.1. The highest BCUT2D eigenvalue weighted by atomic mass is 35.5. The van der Waals surface area contributed by atoms with Gasteiger partial charge in [-0.05, 0) is 31.0 Å². The summed E-state index contributed by atoms with van der Waals surface area (Å²) < 4.78 is 12.2. The monoisotopic (exact) mass is 404 g/mol. The number of aromatic nitrogens is 1. The van der Waals surface area contributed by atoms with Crippen LogP contribution in [0.4, 0.5) is 0 Å². The molecule has 142 valence electrons. The first-order valence-corrected chi connectivity index (χ1v) is 8.37. The summed E-state index contributed by atoms with van der Waals surface area (Å²) in [4.78, 5) is 4.51. The van der Waals surface area contributed by atoms with Gasteiger partial charge in [0.25, 0.3) is 0 Å². The number of ether oxygens (including phenoxy) is 1. The lowest BCUT2D eigenvalue weighted by Gasteiger charge is -2.07. The van der Waals surface area contributed by atoms with Gasteiger partial charge < -0.3 is 14.9 Å². The normalized spacial score (nSPS) is 11.7. The molecule has 6 heteroatoms. The van der Waals surface area contributed by atoms with Gasteiger partial charge in [0, 0.05) is 29.3 Å². The molecule has 0 saturated heterocycles. The zero-order chi connectivity index (χ0) is 17.4. The van der Waals surface area contributed by atoms with Crippen molar-refractivity contribution in [3.05, 3.63) is 71.4 Å². The van der Waals surface area contributed by atoms with Gasteiger partial charge in [0.1, 0.15) is 17.7 Å². The largest absolute Gasteiger partial charge is 0.485 e. The van der Waals surface area contributed by atoms with Crippen molar-refractivity contribution in [1.82, 2.24) is 4.98 Å². The first kappa shape index (κ1) is 21.0. The van der Waals surface area contributed by atoms with Gasteiger partial charge in [-0.15, -0.1) is 24.8 Å². The molecule has 0 fully saturated rings. The fourth-order valence-electron chi connectivity index (χ4n) is 3.10. The van der Waals surface area contributed by atoms with E-state index in [-0.39, 0.29) is 30.9 Å². The van der Waals surface area contributed by atoms with Crippen LogP contribution in [0, 0.1) is 6.92 Å². The van der Waals surface area contributed by atoms with E-state index in [9.17, 15) is 0 Å². The van der Waals surface area contributed by atoms with Crippen LogP contribution in [0.3, 0.4) is 0 Å². The van der Waals surface area contributed by atoms with Crippen molar-refractivity contribution >= 4 is 46.9 Å². The van der Waals surface area contributed by atoms with E-state index in [0.29, 0.717) is 17.9 Å². The number of rotatable bonds is 4. The van der Waals surface area contributed by atoms with Crippen molar-refractivity contribution in [2.45, 2.75) is 26.5 Å². The van der Waals surface area contributed by atoms with Gasteiger partial charge in [0.15, 0.2) is 11.3 Å². The van der Waals surface area contributed by atoms with Crippen molar-refractivity contribution < 1.29 is 9.15 Å². The van der Waals surface area contributed by atoms with Crippen LogP contribution in [-0.2, 0) is 6.61 Å². The maximum Gasteiger partial charge on any atom is 0.195 e. The van der Waals surface area contributed by atoms with Crippen LogP contribution in [-0.4, -0.2) is 4.98 Å². The Labute approximate surface area is 170 Å². The molecule has 4 rings (SSSR count). The lowest BCUT2D eigenvalue weighted by Crippen LogP contribution is -2.05. The molecule has 0 aliphatic rings. The van der Waals surface area contributed by atoms with Crippen molar-refractivity contribution in [2.75, 3.05) is 0 Å². The molecule has 0 saturated carbocycles. The van der Waals surface area contributed by atoms with Crippen molar-refractivity contribution in [3.8, 4) is 5.75 Å². The van der Waals surface area contributed by atoms with Crippen molar-refractivity contribution in [2.24, 2.45) is 5.73 Å². The lowest BCUT2D eigenvalue weighted by molar-refractivity contribution is 0.305. The molecular formula is C21H22Cl2N2O2. The summed E-state index contributed by atoms with van der Waals surface area (Å²) in [7, 11) is 0. The second-order valence-corrected chi connectivity index (χ2v) is 6.38. The third-order valence-electron chi connectivity index (χ3n) is 4.32. The van der Waals surface area contributed by atoms with E-state index in [2.05, 4.69) is 24.0 Å². The van der Waals surface area contributed by atoms with E-state index < -0.39 is 0 Å². The Bertz CT molecular complexity index is 1050. The molecule has 2 heterocycles. The lowest BCUT2D eigenvalue weighted by atomic mass is 10.0. The molecule has 0 aliphatic heterocycles. The number of benzene rings is 2. The minimum Gasteiger partial charge on any atom is -0.485 e. The van der Waals surface area contributed by atoms with Gasteiger partial charge in [-0.3, -0.25) is 4.98 Å². The summed E-state index contributed by atoms with van der Waals surface area (Å²) in [6, 6.07) is 15.9. The number of aryl methyl sites for hydroxylation is 1. The van der Waals surface area contributed by atoms with Crippen molar-refractivity contribution in [1.29, 1.82) is 0 Å². The first-order valence-electron chi connectivity index (χ1n) is 8.37. The molecule has 0 aliphatic carbocycles. The third-order valence-corrected chi connectivity index (χ3v) is 4.32. The Kier molecular flexibility index (Phi) is 6.71. The van der Waals surface area contributed by atoms with Gasteiger partial charge in [0.05, 0.1) is 0 Å². The highest BCUT2D eigenvalue weighted by molar-refractivity contribution is 6.05. The number of hydrogen-bond acceptors (Lipinski definition) is 4. The maximum atomic E-state index is 6.15. The zero-order valence-electron chi connectivity index (χ0n) is 15.1. The minimum atomic E-state index is -0.114. The van der Waals surface area contributed by atoms with E-state index in [0.717, 1.165) is 33.2 Å². The number of fused-ring (bicyclic) bond motifs is 3. The fraction of sp³-hybridized carbons (Fsp3) is 0.190. The van der Waals surface area contributed by atoms with Crippen LogP contribution >= 0.6 is 24.8 Å². The molecule has 0 unspecified atom stereocenters. The summed E-state index contributed by atoms with van der Waals surface area (Å²) in [6.45, 7) is 4.50. The molecule has 0 bridgehead atoms. The average Bonchev–Trinajstić information content (AvgIpc) is 2.99. The number of hydrogen-bond donors (Lipinski definition) is 1. The van der Waals surface area contributed by atoms with E-state index in [1.807, 2.05) is 43.3 Å². The molecule has 2 aromatic heterocycles. The Morgan fingerprint density at radius 2 is 1.81 bits per heavy atom. The van der Waals surface area contributed by atoms with Gasteiger partial charge >= 0.3 is 0 Å². The van der Waals surface area contributed by atoms with Crippen LogP contribution in [0.15, 0.2) is 59.1 Å². The highest BCUT2D eigenvalue weighted by Crippen LogP contribution is 2.37. The van der Waals surface area contributed by atoms with Gasteiger partial charge in [-0.1, -0.05) is 36.4 Å². The second kappa shape index (κ2) is 8.61. The number of nitrogens with two attached hydrogens (primary N) is 1. The van der Waals surface area contributed by atoms with E-state index in [1.165, 1.54) is 0 Å². The Hall–Kier alpha value is -2.27. The smallest absolute Gasteiger partial charge is 0.195 e. The predicted octanol–water partition coefficient (Wildman–Crippen LogP) is 5.73. The topological polar surface area (TPSA) is 61.3 Å². The van der Waals surface area contributed by atoms with Crippen molar-refractivity contribution in [3.63, 3.8) is 0 Å². The number of furan rings is 1. The Morgan fingerprint density at radius 3 is 2.52 bits per heavy atom. The van der Waals surface area contributed by atoms with Crippen LogP contribution < -0.4 is 10.5 Å². The van der Waals surface area contributed by atoms with Crippen LogP contribution in [0.2, 0.25) is 0 Å². The van der Waals surface area contributed by atoms with Crippen LogP contribution in [0.1, 0.15) is 29.7 Å². The molecular weight excluding hydrogens is 383 g/mol. The Morgan fingerprint density at radius 1 is 1.07 bits per heavy atom. The molecule has 4 aromatic rings. The summed E-state index contributed by atoms with van der Waals surface area (Å²) in [5, 5.41) is 0.979. The second-order valence-electron chi connectivity index (χ2n) is 6.38. The minimum absolute atomic E-state index is 0. The molecule has 1 atom stereocenters. The molecule has 2 aromatic carbocycles. The van der Waals surface area contributed by atoms with Crippen LogP contribution in [0.5, 0.6) is 5.75 Å². The van der Waals surface area contributed by atoms with E-state index in [4.69, 9.17) is 14.9 Å². The van der Waals surface area contributed by atoms with Gasteiger partial charge in [-0.2, -0.15) is 0 Å². The number of nitrogens with zero attached hydrogens (tertiary/aromatic N) is 1. The van der Waals surface area contributed by atoms with E-state index in [1.54, 1.807) is 6.20 Å². The SMILES string of the molecule is Cc1cc([C@@H](C)N)c2oc3c(OCc4ccccc4)ccnc3c2c1.Cl.Cl.